The van der Waals surface area contributed by atoms with E-state index in [1.807, 2.05) is 6.92 Å². The molecule has 1 N–H and O–H groups in total. The smallest absolute Gasteiger partial charge is 0.227 e. The van der Waals surface area contributed by atoms with E-state index >= 15 is 0 Å². The highest BCUT2D eigenvalue weighted by molar-refractivity contribution is 5.92. The molecule has 1 aromatic heterocycles. The van der Waals surface area contributed by atoms with Gasteiger partial charge in [-0.2, -0.15) is 0 Å². The fourth-order valence-corrected chi connectivity index (χ4v) is 1.40. The predicted octanol–water partition coefficient (Wildman–Crippen LogP) is 2.46. The Bertz CT molecular complexity index is 335. The van der Waals surface area contributed by atoms with Crippen LogP contribution in [0.1, 0.15) is 26.7 Å². The second-order valence-corrected chi connectivity index (χ2v) is 3.77. The minimum atomic E-state index is 0.0344. The molecule has 1 aromatic rings. The highest BCUT2D eigenvalue weighted by Gasteiger charge is 2.11. The molecule has 1 unspecified atom stereocenters. The number of rotatable bonds is 5. The van der Waals surface area contributed by atoms with E-state index in [0.717, 1.165) is 12.8 Å². The first-order valence-electron chi connectivity index (χ1n) is 5.48. The van der Waals surface area contributed by atoms with Crippen LogP contribution in [0.3, 0.4) is 0 Å². The van der Waals surface area contributed by atoms with Gasteiger partial charge in [-0.3, -0.25) is 4.79 Å². The summed E-state index contributed by atoms with van der Waals surface area (Å²) in [5.74, 6) is 0.612. The lowest BCUT2D eigenvalue weighted by atomic mass is 10.1. The monoisotopic (exact) mass is 222 g/mol. The van der Waals surface area contributed by atoms with Crippen molar-refractivity contribution in [3.8, 4) is 5.88 Å². The SMILES string of the molecule is CCCC(C)C(=O)Nc1ccc(OC)nc1. The third-order valence-electron chi connectivity index (χ3n) is 2.38. The van der Waals surface area contributed by atoms with Crippen molar-refractivity contribution < 1.29 is 9.53 Å². The molecule has 16 heavy (non-hydrogen) atoms. The first-order chi connectivity index (χ1) is 7.67. The Labute approximate surface area is 96.0 Å². The fraction of sp³-hybridized carbons (Fsp3) is 0.500. The average Bonchev–Trinajstić information content (AvgIpc) is 2.30. The molecule has 0 saturated carbocycles. The molecule has 0 aliphatic carbocycles. The number of amides is 1. The van der Waals surface area contributed by atoms with Gasteiger partial charge in [0.05, 0.1) is 19.0 Å². The van der Waals surface area contributed by atoms with E-state index in [1.54, 1.807) is 25.4 Å². The highest BCUT2D eigenvalue weighted by Crippen LogP contribution is 2.13. The van der Waals surface area contributed by atoms with Crippen molar-refractivity contribution in [1.29, 1.82) is 0 Å². The van der Waals surface area contributed by atoms with Crippen LogP contribution in [0.2, 0.25) is 0 Å². The molecule has 0 aromatic carbocycles. The summed E-state index contributed by atoms with van der Waals surface area (Å²) in [6.07, 6.45) is 3.50. The summed E-state index contributed by atoms with van der Waals surface area (Å²) in [5.41, 5.74) is 0.703. The van der Waals surface area contributed by atoms with Crippen molar-refractivity contribution >= 4 is 11.6 Å². The summed E-state index contributed by atoms with van der Waals surface area (Å²) in [6.45, 7) is 3.99. The third kappa shape index (κ3) is 3.53. The number of carbonyl (C=O) groups excluding carboxylic acids is 1. The second-order valence-electron chi connectivity index (χ2n) is 3.77. The zero-order valence-electron chi connectivity index (χ0n) is 9.99. The number of ether oxygens (including phenoxy) is 1. The molecule has 4 nitrogen and oxygen atoms in total. The maximum atomic E-state index is 11.7. The largest absolute Gasteiger partial charge is 0.481 e. The molecule has 1 amide bonds. The van der Waals surface area contributed by atoms with Crippen molar-refractivity contribution in [3.05, 3.63) is 18.3 Å². The van der Waals surface area contributed by atoms with Crippen molar-refractivity contribution in [3.63, 3.8) is 0 Å². The van der Waals surface area contributed by atoms with Gasteiger partial charge in [-0.15, -0.1) is 0 Å². The number of methoxy groups -OCH3 is 1. The number of nitrogens with zero attached hydrogens (tertiary/aromatic N) is 1. The lowest BCUT2D eigenvalue weighted by Crippen LogP contribution is -2.20. The van der Waals surface area contributed by atoms with E-state index in [0.29, 0.717) is 11.6 Å². The van der Waals surface area contributed by atoms with Crippen molar-refractivity contribution in [2.24, 2.45) is 5.92 Å². The maximum absolute atomic E-state index is 11.7. The predicted molar refractivity (Wildman–Crippen MR) is 63.5 cm³/mol. The molecule has 1 heterocycles. The quantitative estimate of drug-likeness (QED) is 0.832. The van der Waals surface area contributed by atoms with E-state index in [9.17, 15) is 4.79 Å². The van der Waals surface area contributed by atoms with Crippen LogP contribution in [0.5, 0.6) is 5.88 Å². The van der Waals surface area contributed by atoms with Gasteiger partial charge in [0.2, 0.25) is 11.8 Å². The number of anilines is 1. The zero-order chi connectivity index (χ0) is 12.0. The first-order valence-corrected chi connectivity index (χ1v) is 5.48. The molecule has 0 radical (unpaired) electrons. The summed E-state index contributed by atoms with van der Waals surface area (Å²) < 4.78 is 4.94. The van der Waals surface area contributed by atoms with E-state index < -0.39 is 0 Å². The van der Waals surface area contributed by atoms with Gasteiger partial charge in [0.1, 0.15) is 0 Å². The summed E-state index contributed by atoms with van der Waals surface area (Å²) in [5, 5.41) is 2.82. The Balaban J connectivity index is 2.55. The van der Waals surface area contributed by atoms with Crippen LogP contribution in [-0.4, -0.2) is 18.0 Å². The van der Waals surface area contributed by atoms with Crippen LogP contribution in [0.15, 0.2) is 18.3 Å². The molecule has 0 aliphatic heterocycles. The Morgan fingerprint density at radius 3 is 2.81 bits per heavy atom. The Hall–Kier alpha value is -1.58. The molecule has 0 bridgehead atoms. The highest BCUT2D eigenvalue weighted by atomic mass is 16.5. The van der Waals surface area contributed by atoms with Crippen LogP contribution in [0, 0.1) is 5.92 Å². The van der Waals surface area contributed by atoms with Crippen molar-refractivity contribution in [2.45, 2.75) is 26.7 Å². The number of nitrogens with one attached hydrogen (secondary N) is 1. The molecular weight excluding hydrogens is 204 g/mol. The number of aromatic nitrogens is 1. The number of pyridine rings is 1. The summed E-state index contributed by atoms with van der Waals surface area (Å²) in [6, 6.07) is 3.50. The van der Waals surface area contributed by atoms with Gasteiger partial charge >= 0.3 is 0 Å². The lowest BCUT2D eigenvalue weighted by molar-refractivity contribution is -0.119. The Morgan fingerprint density at radius 1 is 1.56 bits per heavy atom. The van der Waals surface area contributed by atoms with Gasteiger partial charge in [-0.1, -0.05) is 20.3 Å². The molecule has 0 fully saturated rings. The van der Waals surface area contributed by atoms with E-state index in [1.165, 1.54) is 0 Å². The number of hydrogen-bond donors (Lipinski definition) is 1. The zero-order valence-corrected chi connectivity index (χ0v) is 9.99. The normalized spacial score (nSPS) is 11.9. The van der Waals surface area contributed by atoms with Crippen LogP contribution < -0.4 is 10.1 Å². The standard InChI is InChI=1S/C12H18N2O2/c1-4-5-9(2)12(15)14-10-6-7-11(16-3)13-8-10/h6-9H,4-5H2,1-3H3,(H,14,15). The van der Waals surface area contributed by atoms with Gasteiger partial charge in [0.15, 0.2) is 0 Å². The minimum absolute atomic E-state index is 0.0344. The van der Waals surface area contributed by atoms with Crippen molar-refractivity contribution in [1.82, 2.24) is 4.98 Å². The van der Waals surface area contributed by atoms with Gasteiger partial charge in [0, 0.05) is 12.0 Å². The van der Waals surface area contributed by atoms with Gasteiger partial charge in [-0.25, -0.2) is 4.98 Å². The number of hydrogen-bond acceptors (Lipinski definition) is 3. The average molecular weight is 222 g/mol. The van der Waals surface area contributed by atoms with E-state index in [2.05, 4.69) is 17.2 Å². The first kappa shape index (κ1) is 12.5. The molecule has 0 saturated heterocycles. The van der Waals surface area contributed by atoms with Gasteiger partial charge in [-0.05, 0) is 12.5 Å². The lowest BCUT2D eigenvalue weighted by Gasteiger charge is -2.10. The molecule has 0 aliphatic rings. The van der Waals surface area contributed by atoms with Crippen LogP contribution in [-0.2, 0) is 4.79 Å². The minimum Gasteiger partial charge on any atom is -0.481 e. The van der Waals surface area contributed by atoms with Gasteiger partial charge in [0.25, 0.3) is 0 Å². The Morgan fingerprint density at radius 2 is 2.31 bits per heavy atom. The van der Waals surface area contributed by atoms with Crippen LogP contribution in [0.4, 0.5) is 5.69 Å². The molecule has 88 valence electrons. The third-order valence-corrected chi connectivity index (χ3v) is 2.38. The molecule has 4 heteroatoms. The summed E-state index contributed by atoms with van der Waals surface area (Å²) >= 11 is 0. The fourth-order valence-electron chi connectivity index (χ4n) is 1.40. The molecular formula is C12H18N2O2. The second kappa shape index (κ2) is 6.10. The topological polar surface area (TPSA) is 51.2 Å². The molecule has 1 atom stereocenters. The molecule has 1 rings (SSSR count). The van der Waals surface area contributed by atoms with Gasteiger partial charge < -0.3 is 10.1 Å². The maximum Gasteiger partial charge on any atom is 0.227 e. The molecule has 0 spiro atoms. The van der Waals surface area contributed by atoms with Crippen molar-refractivity contribution in [2.75, 3.05) is 12.4 Å². The summed E-state index contributed by atoms with van der Waals surface area (Å²) in [4.78, 5) is 15.7. The van der Waals surface area contributed by atoms with E-state index in [-0.39, 0.29) is 11.8 Å². The summed E-state index contributed by atoms with van der Waals surface area (Å²) in [7, 11) is 1.56. The Kier molecular flexibility index (Phi) is 4.76. The van der Waals surface area contributed by atoms with E-state index in [4.69, 9.17) is 4.74 Å². The van der Waals surface area contributed by atoms with Crippen LogP contribution in [0.25, 0.3) is 0 Å². The van der Waals surface area contributed by atoms with Crippen LogP contribution >= 0.6 is 0 Å². The number of carbonyl (C=O) groups is 1.